The number of rotatable bonds is 7. The first-order valence-corrected chi connectivity index (χ1v) is 11.1. The lowest BCUT2D eigenvalue weighted by Crippen LogP contribution is -2.26. The van der Waals surface area contributed by atoms with Gasteiger partial charge in [-0.2, -0.15) is 0 Å². The van der Waals surface area contributed by atoms with Gasteiger partial charge in [0.05, 0.1) is 13.2 Å². The maximum Gasteiger partial charge on any atom is 0.274 e. The summed E-state index contributed by atoms with van der Waals surface area (Å²) in [5.41, 5.74) is 3.20. The number of nitrogens with one attached hydrogen (secondary N) is 2. The third kappa shape index (κ3) is 4.43. The number of aryl methyl sites for hydroxylation is 1. The molecule has 0 saturated carbocycles. The third-order valence-corrected chi connectivity index (χ3v) is 5.83. The largest absolute Gasteiger partial charge is 0.490 e. The van der Waals surface area contributed by atoms with Crippen LogP contribution in [0.5, 0.6) is 5.75 Å². The van der Waals surface area contributed by atoms with Crippen molar-refractivity contribution >= 4 is 21.8 Å². The molecule has 0 radical (unpaired) electrons. The zero-order valence-corrected chi connectivity index (χ0v) is 17.6. The smallest absolute Gasteiger partial charge is 0.274 e. The standard InChI is InChI=1S/C21H25N3O5S/c1-24-13-18(16-5-8-22-20(16)21(24)25)17-12-14(4-9-23-30(26)27)2-3-19(17)29-15-6-10-28-11-7-15/h2-3,5,8,12-13,15,22,30H,4,6-7,9-11H2,1H3,(H,23,26,27). The van der Waals surface area contributed by atoms with Gasteiger partial charge in [0.1, 0.15) is 17.4 Å². The van der Waals surface area contributed by atoms with Crippen molar-refractivity contribution in [1.82, 2.24) is 14.3 Å². The maximum atomic E-state index is 12.5. The van der Waals surface area contributed by atoms with Crippen molar-refractivity contribution in [3.8, 4) is 16.9 Å². The van der Waals surface area contributed by atoms with Gasteiger partial charge in [0.15, 0.2) is 0 Å². The van der Waals surface area contributed by atoms with Gasteiger partial charge in [0, 0.05) is 55.3 Å². The average molecular weight is 432 g/mol. The van der Waals surface area contributed by atoms with Gasteiger partial charge in [0.2, 0.25) is 10.9 Å². The van der Waals surface area contributed by atoms with E-state index in [-0.39, 0.29) is 11.7 Å². The molecular weight excluding hydrogens is 406 g/mol. The Morgan fingerprint density at radius 3 is 2.80 bits per heavy atom. The molecule has 1 aliphatic heterocycles. The van der Waals surface area contributed by atoms with E-state index in [9.17, 15) is 13.2 Å². The minimum absolute atomic E-state index is 0.0729. The Morgan fingerprint density at radius 1 is 1.23 bits per heavy atom. The molecule has 0 unspecified atom stereocenters. The number of thiol groups is 1. The molecule has 4 rings (SSSR count). The summed E-state index contributed by atoms with van der Waals surface area (Å²) in [5.74, 6) is 0.745. The Morgan fingerprint density at radius 2 is 2.03 bits per heavy atom. The van der Waals surface area contributed by atoms with Crippen LogP contribution in [0.1, 0.15) is 18.4 Å². The van der Waals surface area contributed by atoms with Crippen molar-refractivity contribution in [2.75, 3.05) is 19.8 Å². The fraction of sp³-hybridized carbons (Fsp3) is 0.381. The second-order valence-corrected chi connectivity index (χ2v) is 8.23. The van der Waals surface area contributed by atoms with Gasteiger partial charge in [0.25, 0.3) is 5.56 Å². The van der Waals surface area contributed by atoms with Crippen LogP contribution in [0, 0.1) is 0 Å². The number of aromatic amines is 1. The van der Waals surface area contributed by atoms with E-state index in [1.165, 1.54) is 0 Å². The topological polar surface area (TPSA) is 102 Å². The molecular formula is C21H25N3O5S. The number of hydrogen-bond donors (Lipinski definition) is 3. The van der Waals surface area contributed by atoms with Gasteiger partial charge in [-0.15, -0.1) is 0 Å². The fourth-order valence-corrected chi connectivity index (χ4v) is 4.09. The molecule has 160 valence electrons. The van der Waals surface area contributed by atoms with E-state index in [2.05, 4.69) is 9.71 Å². The van der Waals surface area contributed by atoms with Crippen molar-refractivity contribution in [3.63, 3.8) is 0 Å². The molecule has 0 amide bonds. The summed E-state index contributed by atoms with van der Waals surface area (Å²) < 4.78 is 37.4. The molecule has 9 heteroatoms. The van der Waals surface area contributed by atoms with Gasteiger partial charge in [-0.05, 0) is 30.2 Å². The van der Waals surface area contributed by atoms with Gasteiger partial charge in [-0.3, -0.25) is 4.79 Å². The Hall–Kier alpha value is -2.62. The summed E-state index contributed by atoms with van der Waals surface area (Å²) in [6.45, 7) is 1.68. The molecule has 1 aromatic carbocycles. The highest BCUT2D eigenvalue weighted by atomic mass is 32.2. The monoisotopic (exact) mass is 431 g/mol. The summed E-state index contributed by atoms with van der Waals surface area (Å²) in [7, 11) is -0.894. The molecule has 1 aliphatic rings. The highest BCUT2D eigenvalue weighted by Crippen LogP contribution is 2.36. The first-order valence-electron chi connectivity index (χ1n) is 9.95. The quantitative estimate of drug-likeness (QED) is 0.495. The molecule has 0 aliphatic carbocycles. The predicted molar refractivity (Wildman–Crippen MR) is 115 cm³/mol. The van der Waals surface area contributed by atoms with E-state index in [0.29, 0.717) is 31.7 Å². The average Bonchev–Trinajstić information content (AvgIpc) is 3.22. The molecule has 2 aromatic heterocycles. The van der Waals surface area contributed by atoms with Crippen LogP contribution in [0.25, 0.3) is 22.0 Å². The number of ether oxygens (including phenoxy) is 2. The molecule has 30 heavy (non-hydrogen) atoms. The number of fused-ring (bicyclic) bond motifs is 1. The molecule has 1 fully saturated rings. The van der Waals surface area contributed by atoms with Gasteiger partial charge in [-0.1, -0.05) is 6.07 Å². The van der Waals surface area contributed by atoms with E-state index < -0.39 is 10.9 Å². The van der Waals surface area contributed by atoms with Gasteiger partial charge < -0.3 is 19.0 Å². The van der Waals surface area contributed by atoms with E-state index in [0.717, 1.165) is 40.7 Å². The fourth-order valence-electron chi connectivity index (χ4n) is 3.79. The van der Waals surface area contributed by atoms with Crippen LogP contribution in [0.15, 0.2) is 41.5 Å². The molecule has 1 saturated heterocycles. The molecule has 3 aromatic rings. The van der Waals surface area contributed by atoms with Crippen molar-refractivity contribution in [2.24, 2.45) is 7.05 Å². The Labute approximate surface area is 175 Å². The zero-order chi connectivity index (χ0) is 21.1. The highest BCUT2D eigenvalue weighted by Gasteiger charge is 2.20. The molecule has 0 bridgehead atoms. The summed E-state index contributed by atoms with van der Waals surface area (Å²) in [6.07, 6.45) is 5.86. The van der Waals surface area contributed by atoms with Crippen molar-refractivity contribution < 1.29 is 17.9 Å². The lowest BCUT2D eigenvalue weighted by atomic mass is 9.99. The number of H-pyrrole nitrogens is 1. The molecule has 0 atom stereocenters. The molecule has 2 N–H and O–H groups in total. The summed E-state index contributed by atoms with van der Waals surface area (Å²) in [6, 6.07) is 7.79. The first kappa shape index (κ1) is 20.6. The minimum atomic E-state index is -2.62. The number of aromatic nitrogens is 2. The zero-order valence-electron chi connectivity index (χ0n) is 16.7. The number of nitrogens with zero attached hydrogens (tertiary/aromatic N) is 1. The normalized spacial score (nSPS) is 15.1. The Balaban J connectivity index is 1.77. The van der Waals surface area contributed by atoms with Gasteiger partial charge >= 0.3 is 0 Å². The summed E-state index contributed by atoms with van der Waals surface area (Å²) >= 11 is 0. The van der Waals surface area contributed by atoms with Crippen LogP contribution in [0.3, 0.4) is 0 Å². The number of pyridine rings is 1. The lowest BCUT2D eigenvalue weighted by Gasteiger charge is -2.25. The van der Waals surface area contributed by atoms with Crippen LogP contribution in [0.2, 0.25) is 0 Å². The van der Waals surface area contributed by atoms with Crippen molar-refractivity contribution in [1.29, 1.82) is 0 Å². The van der Waals surface area contributed by atoms with Crippen LogP contribution in [-0.4, -0.2) is 43.8 Å². The van der Waals surface area contributed by atoms with Crippen molar-refractivity contribution in [3.05, 3.63) is 52.6 Å². The first-order chi connectivity index (χ1) is 14.5. The van der Waals surface area contributed by atoms with E-state index >= 15 is 0 Å². The highest BCUT2D eigenvalue weighted by molar-refractivity contribution is 7.70. The predicted octanol–water partition coefficient (Wildman–Crippen LogP) is 1.75. The maximum absolute atomic E-state index is 12.5. The van der Waals surface area contributed by atoms with Crippen LogP contribution in [-0.2, 0) is 29.1 Å². The lowest BCUT2D eigenvalue weighted by molar-refractivity contribution is 0.0258. The molecule has 3 heterocycles. The van der Waals surface area contributed by atoms with Crippen LogP contribution < -0.4 is 15.0 Å². The SMILES string of the molecule is Cn1cc(-c2cc(CCN[SH](=O)=O)ccc2OC2CCOCC2)c2cc[nH]c2c1=O. The van der Waals surface area contributed by atoms with Crippen LogP contribution >= 0.6 is 0 Å². The van der Waals surface area contributed by atoms with Gasteiger partial charge in [-0.25, -0.2) is 13.1 Å². The Bertz CT molecular complexity index is 1170. The Kier molecular flexibility index (Phi) is 6.21. The number of hydrogen-bond acceptors (Lipinski definition) is 5. The number of benzene rings is 1. The molecule has 8 nitrogen and oxygen atoms in total. The van der Waals surface area contributed by atoms with Crippen LogP contribution in [0.4, 0.5) is 0 Å². The second-order valence-electron chi connectivity index (χ2n) is 7.40. The second kappa shape index (κ2) is 9.03. The van der Waals surface area contributed by atoms with E-state index in [4.69, 9.17) is 9.47 Å². The summed E-state index contributed by atoms with van der Waals surface area (Å²) in [5, 5.41) is 0.827. The van der Waals surface area contributed by atoms with E-state index in [1.807, 2.05) is 30.5 Å². The summed E-state index contributed by atoms with van der Waals surface area (Å²) in [4.78, 5) is 15.5. The van der Waals surface area contributed by atoms with E-state index in [1.54, 1.807) is 17.8 Å². The third-order valence-electron chi connectivity index (χ3n) is 5.34. The molecule has 0 spiro atoms. The minimum Gasteiger partial charge on any atom is -0.490 e. The van der Waals surface area contributed by atoms with Crippen molar-refractivity contribution in [2.45, 2.75) is 25.4 Å².